The van der Waals surface area contributed by atoms with E-state index >= 15 is 0 Å². The van der Waals surface area contributed by atoms with Crippen molar-refractivity contribution in [2.45, 2.75) is 17.4 Å². The van der Waals surface area contributed by atoms with E-state index in [4.69, 9.17) is 0 Å². The molecule has 1 N–H and O–H groups in total. The van der Waals surface area contributed by atoms with Gasteiger partial charge in [-0.15, -0.1) is 0 Å². The van der Waals surface area contributed by atoms with Gasteiger partial charge in [0, 0.05) is 43.3 Å². The second-order valence-corrected chi connectivity index (χ2v) is 8.74. The number of fused-ring (bicyclic) bond motifs is 1. The number of nitro groups is 1. The first-order chi connectivity index (χ1) is 14.5. The molecule has 9 heteroatoms. The lowest BCUT2D eigenvalue weighted by molar-refractivity contribution is -0.384. The Kier molecular flexibility index (Phi) is 5.47. The van der Waals surface area contributed by atoms with Crippen LogP contribution in [-0.2, 0) is 16.4 Å². The topological polar surface area (TPSA) is 105 Å². The van der Waals surface area contributed by atoms with Crippen molar-refractivity contribution in [1.82, 2.24) is 9.71 Å². The molecule has 0 aliphatic carbocycles. The third-order valence-electron chi connectivity index (χ3n) is 5.19. The quantitative estimate of drug-likeness (QED) is 0.462. The fourth-order valence-corrected chi connectivity index (χ4v) is 4.73. The summed E-state index contributed by atoms with van der Waals surface area (Å²) in [6.45, 7) is 0.914. The van der Waals surface area contributed by atoms with E-state index in [1.165, 1.54) is 29.8 Å². The van der Waals surface area contributed by atoms with Gasteiger partial charge in [-0.25, -0.2) is 13.1 Å². The molecule has 2 heterocycles. The Bertz CT molecular complexity index is 1150. The van der Waals surface area contributed by atoms with Crippen LogP contribution in [0, 0.1) is 10.1 Å². The monoisotopic (exact) mass is 424 g/mol. The summed E-state index contributed by atoms with van der Waals surface area (Å²) in [7, 11) is -3.83. The van der Waals surface area contributed by atoms with Crippen molar-refractivity contribution in [3.05, 3.63) is 94.3 Å². The molecule has 4 rings (SSSR count). The number of benzene rings is 2. The summed E-state index contributed by atoms with van der Waals surface area (Å²) in [4.78, 5) is 16.6. The molecule has 0 radical (unpaired) electrons. The van der Waals surface area contributed by atoms with Crippen molar-refractivity contribution < 1.29 is 13.3 Å². The number of nitrogens with zero attached hydrogens (tertiary/aromatic N) is 3. The van der Waals surface area contributed by atoms with E-state index < -0.39 is 14.9 Å². The molecular formula is C21H20N4O4S. The molecular weight excluding hydrogens is 404 g/mol. The maximum Gasteiger partial charge on any atom is 0.269 e. The van der Waals surface area contributed by atoms with Gasteiger partial charge in [0.05, 0.1) is 15.9 Å². The zero-order chi connectivity index (χ0) is 21.1. The summed E-state index contributed by atoms with van der Waals surface area (Å²) in [6, 6.07) is 16.5. The van der Waals surface area contributed by atoms with Gasteiger partial charge in [-0.05, 0) is 41.8 Å². The number of nitrogens with one attached hydrogen (secondary N) is 1. The van der Waals surface area contributed by atoms with E-state index in [9.17, 15) is 18.5 Å². The minimum Gasteiger partial charge on any atom is -0.363 e. The Morgan fingerprint density at radius 1 is 1.10 bits per heavy atom. The number of non-ortho nitro benzene ring substituents is 1. The summed E-state index contributed by atoms with van der Waals surface area (Å²) in [6.07, 6.45) is 4.31. The van der Waals surface area contributed by atoms with E-state index in [1.54, 1.807) is 12.4 Å². The van der Waals surface area contributed by atoms with Gasteiger partial charge in [0.1, 0.15) is 0 Å². The molecule has 1 aliphatic rings. The molecule has 1 aromatic heterocycles. The number of pyridine rings is 1. The number of nitro benzene ring substituents is 1. The lowest BCUT2D eigenvalue weighted by Gasteiger charge is -2.31. The van der Waals surface area contributed by atoms with Crippen molar-refractivity contribution in [3.8, 4) is 0 Å². The van der Waals surface area contributed by atoms with E-state index in [0.717, 1.165) is 24.2 Å². The van der Waals surface area contributed by atoms with Gasteiger partial charge in [-0.2, -0.15) is 0 Å². The highest BCUT2D eigenvalue weighted by Gasteiger charge is 2.28. The maximum atomic E-state index is 12.8. The highest BCUT2D eigenvalue weighted by Crippen LogP contribution is 2.34. The van der Waals surface area contributed by atoms with Gasteiger partial charge in [0.25, 0.3) is 5.69 Å². The molecule has 3 aromatic rings. The number of rotatable bonds is 7. The van der Waals surface area contributed by atoms with Gasteiger partial charge >= 0.3 is 0 Å². The summed E-state index contributed by atoms with van der Waals surface area (Å²) in [5.74, 6) is 0. The van der Waals surface area contributed by atoms with Crippen molar-refractivity contribution in [3.63, 3.8) is 0 Å². The second-order valence-electron chi connectivity index (χ2n) is 6.98. The molecule has 0 saturated carbocycles. The Labute approximate surface area is 174 Å². The standard InChI is InChI=1S/C21H20N4O4S/c26-25(27)18-7-9-19(10-8-18)30(28,29)23-15-21(17-5-3-12-22-14-17)24-13-11-16-4-1-2-6-20(16)24/h1-10,12,14,21,23H,11,13,15H2/t21-/m1/s1. The molecule has 8 nitrogen and oxygen atoms in total. The molecule has 0 fully saturated rings. The van der Waals surface area contributed by atoms with Gasteiger partial charge in [0.2, 0.25) is 10.0 Å². The fourth-order valence-electron chi connectivity index (χ4n) is 3.69. The Morgan fingerprint density at radius 3 is 2.57 bits per heavy atom. The summed E-state index contributed by atoms with van der Waals surface area (Å²) >= 11 is 0. The lowest BCUT2D eigenvalue weighted by atomic mass is 10.1. The third-order valence-corrected chi connectivity index (χ3v) is 6.63. The Balaban J connectivity index is 1.59. The number of hydrogen-bond donors (Lipinski definition) is 1. The summed E-state index contributed by atoms with van der Waals surface area (Å²) in [5.41, 5.74) is 3.06. The maximum absolute atomic E-state index is 12.8. The summed E-state index contributed by atoms with van der Waals surface area (Å²) in [5, 5.41) is 10.8. The first-order valence-corrected chi connectivity index (χ1v) is 10.9. The lowest BCUT2D eigenvalue weighted by Crippen LogP contribution is -2.37. The Morgan fingerprint density at radius 2 is 1.87 bits per heavy atom. The van der Waals surface area contributed by atoms with Crippen LogP contribution < -0.4 is 9.62 Å². The predicted molar refractivity (Wildman–Crippen MR) is 113 cm³/mol. The van der Waals surface area contributed by atoms with Crippen LogP contribution in [0.15, 0.2) is 78.0 Å². The van der Waals surface area contributed by atoms with Crippen LogP contribution in [-0.4, -0.2) is 31.4 Å². The number of aromatic nitrogens is 1. The SMILES string of the molecule is O=[N+]([O-])c1ccc(S(=O)(=O)NC[C@H](c2cccnc2)N2CCc3ccccc32)cc1. The molecule has 154 valence electrons. The van der Waals surface area contributed by atoms with Crippen LogP contribution in [0.1, 0.15) is 17.2 Å². The third kappa shape index (κ3) is 4.03. The minimum atomic E-state index is -3.83. The van der Waals surface area contributed by atoms with Crippen LogP contribution in [0.3, 0.4) is 0 Å². The van der Waals surface area contributed by atoms with Gasteiger partial charge < -0.3 is 4.90 Å². The van der Waals surface area contributed by atoms with Gasteiger partial charge in [0.15, 0.2) is 0 Å². The molecule has 0 bridgehead atoms. The van der Waals surface area contributed by atoms with Crippen LogP contribution >= 0.6 is 0 Å². The number of para-hydroxylation sites is 1. The van der Waals surface area contributed by atoms with E-state index in [-0.39, 0.29) is 23.2 Å². The highest BCUT2D eigenvalue weighted by molar-refractivity contribution is 7.89. The molecule has 0 amide bonds. The molecule has 2 aromatic carbocycles. The molecule has 0 unspecified atom stereocenters. The van der Waals surface area contributed by atoms with Crippen molar-refractivity contribution >= 4 is 21.4 Å². The number of sulfonamides is 1. The highest BCUT2D eigenvalue weighted by atomic mass is 32.2. The van der Waals surface area contributed by atoms with E-state index in [0.29, 0.717) is 0 Å². The predicted octanol–water partition coefficient (Wildman–Crippen LogP) is 3.07. The average Bonchev–Trinajstić information content (AvgIpc) is 3.19. The normalized spacial score (nSPS) is 14.3. The zero-order valence-corrected chi connectivity index (χ0v) is 16.8. The van der Waals surface area contributed by atoms with Crippen molar-refractivity contribution in [2.75, 3.05) is 18.0 Å². The van der Waals surface area contributed by atoms with Gasteiger partial charge in [-0.3, -0.25) is 15.1 Å². The fraction of sp³-hybridized carbons (Fsp3) is 0.190. The number of hydrogen-bond acceptors (Lipinski definition) is 6. The second kappa shape index (κ2) is 8.21. The zero-order valence-electron chi connectivity index (χ0n) is 16.0. The largest absolute Gasteiger partial charge is 0.363 e. The van der Waals surface area contributed by atoms with E-state index in [2.05, 4.69) is 20.7 Å². The average molecular weight is 424 g/mol. The molecule has 1 atom stereocenters. The first kappa shape index (κ1) is 20.0. The van der Waals surface area contributed by atoms with Crippen molar-refractivity contribution in [2.24, 2.45) is 0 Å². The number of anilines is 1. The molecule has 30 heavy (non-hydrogen) atoms. The smallest absolute Gasteiger partial charge is 0.269 e. The molecule has 0 saturated heterocycles. The van der Waals surface area contributed by atoms with Crippen LogP contribution in [0.25, 0.3) is 0 Å². The van der Waals surface area contributed by atoms with E-state index in [1.807, 2.05) is 30.3 Å². The van der Waals surface area contributed by atoms with Crippen LogP contribution in [0.4, 0.5) is 11.4 Å². The summed E-state index contributed by atoms with van der Waals surface area (Å²) < 4.78 is 28.3. The Hall–Kier alpha value is -3.30. The molecule has 0 spiro atoms. The van der Waals surface area contributed by atoms with Gasteiger partial charge in [-0.1, -0.05) is 24.3 Å². The van der Waals surface area contributed by atoms with Crippen LogP contribution in [0.2, 0.25) is 0 Å². The minimum absolute atomic E-state index is 0.0140. The molecule has 1 aliphatic heterocycles. The van der Waals surface area contributed by atoms with Crippen molar-refractivity contribution in [1.29, 1.82) is 0 Å². The van der Waals surface area contributed by atoms with Crippen LogP contribution in [0.5, 0.6) is 0 Å². The first-order valence-electron chi connectivity index (χ1n) is 9.44.